The van der Waals surface area contributed by atoms with Crippen molar-refractivity contribution in [3.8, 4) is 0 Å². The first kappa shape index (κ1) is 19.4. The van der Waals surface area contributed by atoms with Crippen LogP contribution in [0.1, 0.15) is 32.1 Å². The van der Waals surface area contributed by atoms with Gasteiger partial charge in [-0.3, -0.25) is 19.3 Å². The van der Waals surface area contributed by atoms with Crippen LogP contribution in [0.2, 0.25) is 10.0 Å². The maximum Gasteiger partial charge on any atom is 0.272 e. The maximum absolute atomic E-state index is 12.9. The van der Waals surface area contributed by atoms with E-state index >= 15 is 0 Å². The Balaban J connectivity index is 1.45. The zero-order chi connectivity index (χ0) is 20.4. The van der Waals surface area contributed by atoms with E-state index in [1.807, 2.05) is 12.1 Å². The molecule has 2 amide bonds. The molecule has 9 heteroatoms. The highest BCUT2D eigenvalue weighted by atomic mass is 35.5. The number of fused-ring (bicyclic) bond motifs is 1. The highest BCUT2D eigenvalue weighted by Crippen LogP contribution is 2.24. The standard InChI is InChI=1S/C20H17Cl2N5O2/c21-15-4-3-13(8-16(15)22)12-26-6-7-27-18(20(26)29)9-17(25-27)19(28)24-11-14-2-1-5-23-10-14/h1-5,8-10H,6-7,11-12H2,(H,24,28). The van der Waals surface area contributed by atoms with Gasteiger partial charge < -0.3 is 10.2 Å². The molecule has 3 heterocycles. The molecule has 1 aliphatic rings. The first-order valence-corrected chi connectivity index (χ1v) is 9.75. The smallest absolute Gasteiger partial charge is 0.272 e. The van der Waals surface area contributed by atoms with E-state index in [1.54, 1.807) is 40.2 Å². The minimum atomic E-state index is -0.334. The molecule has 3 aromatic rings. The van der Waals surface area contributed by atoms with Crippen LogP contribution in [0.4, 0.5) is 0 Å². The number of hydrogen-bond donors (Lipinski definition) is 1. The molecular weight excluding hydrogens is 413 g/mol. The van der Waals surface area contributed by atoms with Gasteiger partial charge in [0.1, 0.15) is 5.69 Å². The summed E-state index contributed by atoms with van der Waals surface area (Å²) >= 11 is 12.0. The van der Waals surface area contributed by atoms with Gasteiger partial charge in [-0.05, 0) is 29.3 Å². The van der Waals surface area contributed by atoms with Gasteiger partial charge in [-0.25, -0.2) is 0 Å². The number of rotatable bonds is 5. The maximum atomic E-state index is 12.9. The average molecular weight is 430 g/mol. The highest BCUT2D eigenvalue weighted by molar-refractivity contribution is 6.42. The lowest BCUT2D eigenvalue weighted by Crippen LogP contribution is -2.39. The summed E-state index contributed by atoms with van der Waals surface area (Å²) in [6, 6.07) is 10.5. The van der Waals surface area contributed by atoms with Crippen molar-refractivity contribution < 1.29 is 9.59 Å². The molecule has 2 aromatic heterocycles. The molecule has 0 aliphatic carbocycles. The van der Waals surface area contributed by atoms with E-state index in [0.29, 0.717) is 41.9 Å². The fraction of sp³-hybridized carbons (Fsp3) is 0.200. The number of nitrogens with one attached hydrogen (secondary N) is 1. The van der Waals surface area contributed by atoms with Crippen molar-refractivity contribution in [3.63, 3.8) is 0 Å². The van der Waals surface area contributed by atoms with Crippen LogP contribution in [0, 0.1) is 0 Å². The molecule has 0 bridgehead atoms. The number of nitrogens with zero attached hydrogens (tertiary/aromatic N) is 4. The predicted molar refractivity (Wildman–Crippen MR) is 109 cm³/mol. The van der Waals surface area contributed by atoms with Gasteiger partial charge in [0.15, 0.2) is 5.69 Å². The second-order valence-corrected chi connectivity index (χ2v) is 7.47. The summed E-state index contributed by atoms with van der Waals surface area (Å²) in [5.41, 5.74) is 2.38. The van der Waals surface area contributed by atoms with E-state index < -0.39 is 0 Å². The number of carbonyl (C=O) groups excluding carboxylic acids is 2. The fourth-order valence-electron chi connectivity index (χ4n) is 3.13. The molecule has 148 valence electrons. The van der Waals surface area contributed by atoms with Crippen LogP contribution in [0.25, 0.3) is 0 Å². The number of hydrogen-bond acceptors (Lipinski definition) is 4. The van der Waals surface area contributed by atoms with Crippen LogP contribution in [-0.4, -0.2) is 38.0 Å². The van der Waals surface area contributed by atoms with Crippen LogP contribution >= 0.6 is 23.2 Å². The molecule has 7 nitrogen and oxygen atoms in total. The Bertz CT molecular complexity index is 1070. The van der Waals surface area contributed by atoms with Crippen molar-refractivity contribution in [3.05, 3.63) is 81.4 Å². The summed E-state index contributed by atoms with van der Waals surface area (Å²) in [5.74, 6) is -0.513. The molecule has 0 fully saturated rings. The first-order valence-electron chi connectivity index (χ1n) is 8.99. The number of benzene rings is 1. The van der Waals surface area contributed by atoms with Gasteiger partial charge in [0.2, 0.25) is 0 Å². The SMILES string of the molecule is O=C(NCc1cccnc1)c1cc2n(n1)CCN(Cc1ccc(Cl)c(Cl)c1)C2=O. The van der Waals surface area contributed by atoms with Crippen molar-refractivity contribution in [2.24, 2.45) is 0 Å². The summed E-state index contributed by atoms with van der Waals surface area (Å²) in [6.07, 6.45) is 3.35. The third-order valence-corrected chi connectivity index (χ3v) is 5.37. The molecule has 0 saturated carbocycles. The van der Waals surface area contributed by atoms with Gasteiger partial charge in [0.25, 0.3) is 11.8 Å². The number of pyridine rings is 1. The van der Waals surface area contributed by atoms with Crippen LogP contribution in [-0.2, 0) is 19.6 Å². The molecular formula is C20H17Cl2N5O2. The molecule has 0 atom stereocenters. The van der Waals surface area contributed by atoms with E-state index in [-0.39, 0.29) is 17.5 Å². The number of halogens is 2. The molecule has 0 radical (unpaired) electrons. The monoisotopic (exact) mass is 429 g/mol. The minimum absolute atomic E-state index is 0.180. The van der Waals surface area contributed by atoms with Crippen LogP contribution in [0.15, 0.2) is 48.8 Å². The molecule has 1 N–H and O–H groups in total. The molecule has 0 saturated heterocycles. The third kappa shape index (κ3) is 4.26. The first-order chi connectivity index (χ1) is 14.0. The van der Waals surface area contributed by atoms with Crippen LogP contribution in [0.5, 0.6) is 0 Å². The lowest BCUT2D eigenvalue weighted by atomic mass is 10.2. The van der Waals surface area contributed by atoms with Crippen LogP contribution < -0.4 is 5.32 Å². The molecule has 29 heavy (non-hydrogen) atoms. The fourth-order valence-corrected chi connectivity index (χ4v) is 3.45. The third-order valence-electron chi connectivity index (χ3n) is 4.63. The van der Waals surface area contributed by atoms with Gasteiger partial charge in [0.05, 0.1) is 16.6 Å². The molecule has 0 unspecified atom stereocenters. The predicted octanol–water partition coefficient (Wildman–Crippen LogP) is 3.17. The van der Waals surface area contributed by atoms with Gasteiger partial charge in [-0.1, -0.05) is 35.3 Å². The normalized spacial score (nSPS) is 13.3. The van der Waals surface area contributed by atoms with Gasteiger partial charge >= 0.3 is 0 Å². The largest absolute Gasteiger partial charge is 0.347 e. The van der Waals surface area contributed by atoms with Crippen molar-refractivity contribution in [2.75, 3.05) is 6.54 Å². The summed E-state index contributed by atoms with van der Waals surface area (Å²) < 4.78 is 1.58. The van der Waals surface area contributed by atoms with E-state index in [1.165, 1.54) is 6.07 Å². The lowest BCUT2D eigenvalue weighted by Gasteiger charge is -2.27. The summed E-state index contributed by atoms with van der Waals surface area (Å²) in [7, 11) is 0. The second-order valence-electron chi connectivity index (χ2n) is 6.66. The van der Waals surface area contributed by atoms with E-state index in [0.717, 1.165) is 11.1 Å². The van der Waals surface area contributed by atoms with Gasteiger partial charge in [-0.15, -0.1) is 0 Å². The van der Waals surface area contributed by atoms with E-state index in [2.05, 4.69) is 15.4 Å². The minimum Gasteiger partial charge on any atom is -0.347 e. The Hall–Kier alpha value is -2.90. The Kier molecular flexibility index (Phi) is 5.51. The highest BCUT2D eigenvalue weighted by Gasteiger charge is 2.28. The van der Waals surface area contributed by atoms with E-state index in [9.17, 15) is 9.59 Å². The topological polar surface area (TPSA) is 80.1 Å². The Morgan fingerprint density at radius 3 is 2.72 bits per heavy atom. The number of amides is 2. The second kappa shape index (κ2) is 8.23. The molecule has 1 aromatic carbocycles. The lowest BCUT2D eigenvalue weighted by molar-refractivity contribution is 0.0683. The van der Waals surface area contributed by atoms with Crippen molar-refractivity contribution in [1.82, 2.24) is 25.0 Å². The number of aromatic nitrogens is 3. The summed E-state index contributed by atoms with van der Waals surface area (Å²) in [6.45, 7) is 1.75. The quantitative estimate of drug-likeness (QED) is 0.675. The molecule has 4 rings (SSSR count). The van der Waals surface area contributed by atoms with Crippen molar-refractivity contribution >= 4 is 35.0 Å². The van der Waals surface area contributed by atoms with Gasteiger partial charge in [-0.2, -0.15) is 5.10 Å². The molecule has 1 aliphatic heterocycles. The Morgan fingerprint density at radius 2 is 1.97 bits per heavy atom. The number of carbonyl (C=O) groups is 2. The van der Waals surface area contributed by atoms with E-state index in [4.69, 9.17) is 23.2 Å². The zero-order valence-electron chi connectivity index (χ0n) is 15.3. The van der Waals surface area contributed by atoms with Crippen molar-refractivity contribution in [2.45, 2.75) is 19.6 Å². The van der Waals surface area contributed by atoms with Crippen LogP contribution in [0.3, 0.4) is 0 Å². The van der Waals surface area contributed by atoms with Gasteiger partial charge in [0, 0.05) is 38.1 Å². The summed E-state index contributed by atoms with van der Waals surface area (Å²) in [5, 5.41) is 8.00. The average Bonchev–Trinajstić information content (AvgIpc) is 3.17. The molecule has 0 spiro atoms. The summed E-state index contributed by atoms with van der Waals surface area (Å²) in [4.78, 5) is 31.0. The van der Waals surface area contributed by atoms with Crippen molar-refractivity contribution in [1.29, 1.82) is 0 Å². The zero-order valence-corrected chi connectivity index (χ0v) is 16.8. The Morgan fingerprint density at radius 1 is 1.10 bits per heavy atom. The Labute approximate surface area is 177 Å².